The van der Waals surface area contributed by atoms with Crippen molar-refractivity contribution in [2.24, 2.45) is 0 Å². The molecule has 1 aromatic carbocycles. The minimum atomic E-state index is -0.273. The van der Waals surface area contributed by atoms with Crippen molar-refractivity contribution in [1.82, 2.24) is 5.32 Å². The summed E-state index contributed by atoms with van der Waals surface area (Å²) < 4.78 is 13.0. The number of nitrogens with one attached hydrogen (secondary N) is 1. The Bertz CT molecular complexity index is 417. The van der Waals surface area contributed by atoms with Crippen LogP contribution in [0.3, 0.4) is 0 Å². The number of piperazine rings is 1. The molecule has 1 aliphatic heterocycles. The summed E-state index contributed by atoms with van der Waals surface area (Å²) in [6, 6.07) is 4.64. The Labute approximate surface area is 99.4 Å². The van der Waals surface area contributed by atoms with Gasteiger partial charge >= 0.3 is 0 Å². The highest BCUT2D eigenvalue weighted by Gasteiger charge is 2.45. The average molecular weight is 241 g/mol. The van der Waals surface area contributed by atoms with E-state index in [4.69, 9.17) is 11.6 Å². The summed E-state index contributed by atoms with van der Waals surface area (Å²) in [5.74, 6) is -0.273. The van der Waals surface area contributed by atoms with Gasteiger partial charge in [0, 0.05) is 25.2 Å². The van der Waals surface area contributed by atoms with Gasteiger partial charge in [0.1, 0.15) is 5.82 Å². The van der Waals surface area contributed by atoms with Gasteiger partial charge in [-0.2, -0.15) is 0 Å². The molecule has 0 amide bonds. The van der Waals surface area contributed by atoms with Gasteiger partial charge in [-0.1, -0.05) is 11.6 Å². The fourth-order valence-electron chi connectivity index (χ4n) is 2.39. The third-order valence-electron chi connectivity index (χ3n) is 3.48. The molecule has 1 spiro atoms. The summed E-state index contributed by atoms with van der Waals surface area (Å²) >= 11 is 6.07. The van der Waals surface area contributed by atoms with Gasteiger partial charge in [0.2, 0.25) is 0 Å². The van der Waals surface area contributed by atoms with E-state index < -0.39 is 0 Å². The van der Waals surface area contributed by atoms with Crippen LogP contribution in [0.1, 0.15) is 12.8 Å². The molecule has 1 aromatic rings. The molecule has 0 aromatic heterocycles. The van der Waals surface area contributed by atoms with Crippen molar-refractivity contribution in [3.8, 4) is 0 Å². The largest absolute Gasteiger partial charge is 0.367 e. The van der Waals surface area contributed by atoms with Crippen LogP contribution in [0.2, 0.25) is 5.02 Å². The summed E-state index contributed by atoms with van der Waals surface area (Å²) in [6.45, 7) is 2.90. The number of hydrogen-bond acceptors (Lipinski definition) is 2. The van der Waals surface area contributed by atoms with Crippen molar-refractivity contribution in [3.63, 3.8) is 0 Å². The molecule has 86 valence electrons. The normalized spacial score (nSPS) is 22.5. The molecule has 1 saturated carbocycles. The maximum atomic E-state index is 13.0. The van der Waals surface area contributed by atoms with E-state index in [1.165, 1.54) is 25.0 Å². The predicted molar refractivity (Wildman–Crippen MR) is 63.6 cm³/mol. The standard InChI is InChI=1S/C12H14ClFN2/c13-10-7-9(14)1-2-11(10)16-6-5-15-12(8-16)3-4-12/h1-2,7,15H,3-6,8H2. The Morgan fingerprint density at radius 3 is 2.88 bits per heavy atom. The minimum absolute atomic E-state index is 0.273. The van der Waals surface area contributed by atoms with E-state index in [2.05, 4.69) is 10.2 Å². The van der Waals surface area contributed by atoms with Crippen molar-refractivity contribution >= 4 is 17.3 Å². The first-order chi connectivity index (χ1) is 7.69. The number of benzene rings is 1. The van der Waals surface area contributed by atoms with Crippen LogP contribution in [0.25, 0.3) is 0 Å². The highest BCUT2D eigenvalue weighted by Crippen LogP contribution is 2.39. The van der Waals surface area contributed by atoms with Gasteiger partial charge in [-0.05, 0) is 31.0 Å². The number of anilines is 1. The zero-order valence-electron chi connectivity index (χ0n) is 8.97. The molecular weight excluding hydrogens is 227 g/mol. The molecule has 1 N–H and O–H groups in total. The Kier molecular flexibility index (Phi) is 2.33. The molecule has 16 heavy (non-hydrogen) atoms. The molecule has 4 heteroatoms. The number of hydrogen-bond donors (Lipinski definition) is 1. The predicted octanol–water partition coefficient (Wildman–Crippen LogP) is 2.42. The molecule has 2 fully saturated rings. The van der Waals surface area contributed by atoms with Gasteiger partial charge in [-0.15, -0.1) is 0 Å². The van der Waals surface area contributed by atoms with E-state index >= 15 is 0 Å². The number of rotatable bonds is 1. The molecule has 3 rings (SSSR count). The lowest BCUT2D eigenvalue weighted by atomic mass is 10.1. The first-order valence-corrected chi connectivity index (χ1v) is 6.01. The lowest BCUT2D eigenvalue weighted by Crippen LogP contribution is -2.52. The zero-order valence-corrected chi connectivity index (χ0v) is 9.73. The zero-order chi connectivity index (χ0) is 11.2. The molecular formula is C12H14ClFN2. The maximum Gasteiger partial charge on any atom is 0.124 e. The third kappa shape index (κ3) is 1.78. The van der Waals surface area contributed by atoms with E-state index in [0.29, 0.717) is 10.6 Å². The monoisotopic (exact) mass is 240 g/mol. The van der Waals surface area contributed by atoms with Crippen molar-refractivity contribution < 1.29 is 4.39 Å². The average Bonchev–Trinajstić information content (AvgIpc) is 2.97. The van der Waals surface area contributed by atoms with E-state index in [1.54, 1.807) is 6.07 Å². The summed E-state index contributed by atoms with van der Waals surface area (Å²) in [7, 11) is 0. The van der Waals surface area contributed by atoms with Gasteiger partial charge < -0.3 is 10.2 Å². The molecule has 1 heterocycles. The molecule has 0 radical (unpaired) electrons. The van der Waals surface area contributed by atoms with Crippen LogP contribution >= 0.6 is 11.6 Å². The molecule has 2 aliphatic rings. The van der Waals surface area contributed by atoms with Gasteiger partial charge in [-0.25, -0.2) is 4.39 Å². The lowest BCUT2D eigenvalue weighted by molar-refractivity contribution is 0.442. The summed E-state index contributed by atoms with van der Waals surface area (Å²) in [5, 5.41) is 4.05. The maximum absolute atomic E-state index is 13.0. The molecule has 1 saturated heterocycles. The Hall–Kier alpha value is -0.800. The van der Waals surface area contributed by atoms with E-state index in [1.807, 2.05) is 0 Å². The second-order valence-corrected chi connectivity index (χ2v) is 5.13. The number of halogens is 2. The Morgan fingerprint density at radius 1 is 1.38 bits per heavy atom. The van der Waals surface area contributed by atoms with Crippen LogP contribution in [0, 0.1) is 5.82 Å². The van der Waals surface area contributed by atoms with Crippen LogP contribution in [0.15, 0.2) is 18.2 Å². The summed E-state index contributed by atoms with van der Waals surface area (Å²) in [6.07, 6.45) is 2.48. The second kappa shape index (κ2) is 3.60. The van der Waals surface area contributed by atoms with Crippen molar-refractivity contribution in [2.45, 2.75) is 18.4 Å². The molecule has 0 atom stereocenters. The van der Waals surface area contributed by atoms with E-state index in [0.717, 1.165) is 25.3 Å². The van der Waals surface area contributed by atoms with Gasteiger partial charge in [0.25, 0.3) is 0 Å². The molecule has 1 aliphatic carbocycles. The topological polar surface area (TPSA) is 15.3 Å². The first kappa shape index (κ1) is 10.4. The highest BCUT2D eigenvalue weighted by atomic mass is 35.5. The smallest absolute Gasteiger partial charge is 0.124 e. The van der Waals surface area contributed by atoms with Crippen molar-refractivity contribution in [2.75, 3.05) is 24.5 Å². The van der Waals surface area contributed by atoms with Crippen molar-refractivity contribution in [3.05, 3.63) is 29.0 Å². The van der Waals surface area contributed by atoms with Gasteiger partial charge in [0.15, 0.2) is 0 Å². The fraction of sp³-hybridized carbons (Fsp3) is 0.500. The number of nitrogens with zero attached hydrogens (tertiary/aromatic N) is 1. The second-order valence-electron chi connectivity index (χ2n) is 4.72. The van der Waals surface area contributed by atoms with Crippen LogP contribution < -0.4 is 10.2 Å². The highest BCUT2D eigenvalue weighted by molar-refractivity contribution is 6.33. The van der Waals surface area contributed by atoms with Crippen molar-refractivity contribution in [1.29, 1.82) is 0 Å². The van der Waals surface area contributed by atoms with Crippen LogP contribution in [-0.4, -0.2) is 25.2 Å². The Morgan fingerprint density at radius 2 is 2.19 bits per heavy atom. The van der Waals surface area contributed by atoms with Crippen LogP contribution in [0.4, 0.5) is 10.1 Å². The summed E-state index contributed by atoms with van der Waals surface area (Å²) in [4.78, 5) is 2.26. The lowest BCUT2D eigenvalue weighted by Gasteiger charge is -2.36. The van der Waals surface area contributed by atoms with Gasteiger partial charge in [-0.3, -0.25) is 0 Å². The molecule has 2 nitrogen and oxygen atoms in total. The molecule has 0 unspecified atom stereocenters. The molecule has 0 bridgehead atoms. The summed E-state index contributed by atoms with van der Waals surface area (Å²) in [5.41, 5.74) is 1.27. The fourth-order valence-corrected chi connectivity index (χ4v) is 2.67. The first-order valence-electron chi connectivity index (χ1n) is 5.64. The van der Waals surface area contributed by atoms with E-state index in [9.17, 15) is 4.39 Å². The SMILES string of the molecule is Fc1ccc(N2CCNC3(CC3)C2)c(Cl)c1. The third-order valence-corrected chi connectivity index (χ3v) is 3.78. The quantitative estimate of drug-likeness (QED) is 0.811. The van der Waals surface area contributed by atoms with Crippen LogP contribution in [-0.2, 0) is 0 Å². The van der Waals surface area contributed by atoms with Crippen LogP contribution in [0.5, 0.6) is 0 Å². The minimum Gasteiger partial charge on any atom is -0.367 e. The Balaban J connectivity index is 1.85. The van der Waals surface area contributed by atoms with Gasteiger partial charge in [0.05, 0.1) is 10.7 Å². The van der Waals surface area contributed by atoms with E-state index in [-0.39, 0.29) is 5.82 Å².